The molecule has 0 radical (unpaired) electrons. The predicted octanol–water partition coefficient (Wildman–Crippen LogP) is 1.02. The molecule has 5 heteroatoms. The number of hydrogen-bond acceptors (Lipinski definition) is 4. The van der Waals surface area contributed by atoms with Crippen molar-refractivity contribution in [3.8, 4) is 0 Å². The van der Waals surface area contributed by atoms with Crippen LogP contribution in [0, 0.1) is 5.41 Å². The van der Waals surface area contributed by atoms with Crippen molar-refractivity contribution in [1.29, 1.82) is 0 Å². The van der Waals surface area contributed by atoms with Crippen molar-refractivity contribution in [1.82, 2.24) is 5.32 Å². The summed E-state index contributed by atoms with van der Waals surface area (Å²) in [5.41, 5.74) is -0.854. The van der Waals surface area contributed by atoms with Gasteiger partial charge >= 0.3 is 5.97 Å². The first kappa shape index (κ1) is 13.8. The number of carboxylic acid groups (broad SMARTS) is 1. The Morgan fingerprint density at radius 3 is 2.78 bits per heavy atom. The Balaban J connectivity index is 1.81. The molecule has 1 atom stereocenters. The Hall–Kier alpha value is -0.650. The van der Waals surface area contributed by atoms with Crippen LogP contribution in [-0.2, 0) is 14.3 Å². The van der Waals surface area contributed by atoms with Crippen LogP contribution in [0.2, 0.25) is 0 Å². The summed E-state index contributed by atoms with van der Waals surface area (Å²) in [4.78, 5) is 11.0. The standard InChI is InChI=1S/C13H23NO4/c1-12(2,11(15)16)9-17-10-7-13(18-8-10)3-5-14-6-4-13/h10,14H,3-9H2,1-2H3,(H,15,16). The molecule has 2 saturated heterocycles. The Kier molecular flexibility index (Phi) is 3.94. The molecule has 1 spiro atoms. The van der Waals surface area contributed by atoms with Gasteiger partial charge in [-0.25, -0.2) is 0 Å². The van der Waals surface area contributed by atoms with Crippen LogP contribution in [0.5, 0.6) is 0 Å². The molecule has 2 N–H and O–H groups in total. The van der Waals surface area contributed by atoms with Crippen molar-refractivity contribution in [2.75, 3.05) is 26.3 Å². The number of aliphatic carboxylic acids is 1. The first-order chi connectivity index (χ1) is 8.44. The summed E-state index contributed by atoms with van der Waals surface area (Å²) < 4.78 is 11.6. The Morgan fingerprint density at radius 2 is 2.17 bits per heavy atom. The highest BCUT2D eigenvalue weighted by atomic mass is 16.6. The summed E-state index contributed by atoms with van der Waals surface area (Å²) in [5, 5.41) is 12.4. The highest BCUT2D eigenvalue weighted by Gasteiger charge is 2.42. The van der Waals surface area contributed by atoms with E-state index in [-0.39, 0.29) is 18.3 Å². The molecule has 2 rings (SSSR count). The van der Waals surface area contributed by atoms with Gasteiger partial charge in [0.15, 0.2) is 0 Å². The lowest BCUT2D eigenvalue weighted by molar-refractivity contribution is -0.151. The molecule has 0 amide bonds. The number of piperidine rings is 1. The first-order valence-electron chi connectivity index (χ1n) is 6.63. The number of ether oxygens (including phenoxy) is 2. The second-order valence-corrected chi connectivity index (χ2v) is 6.07. The summed E-state index contributed by atoms with van der Waals surface area (Å²) in [5.74, 6) is -0.821. The largest absolute Gasteiger partial charge is 0.481 e. The first-order valence-corrected chi connectivity index (χ1v) is 6.63. The topological polar surface area (TPSA) is 67.8 Å². The summed E-state index contributed by atoms with van der Waals surface area (Å²) >= 11 is 0. The molecule has 0 aromatic rings. The van der Waals surface area contributed by atoms with Gasteiger partial charge in [-0.1, -0.05) is 0 Å². The predicted molar refractivity (Wildman–Crippen MR) is 66.6 cm³/mol. The van der Waals surface area contributed by atoms with Gasteiger partial charge in [-0.3, -0.25) is 4.79 Å². The Morgan fingerprint density at radius 1 is 1.50 bits per heavy atom. The average molecular weight is 257 g/mol. The van der Waals surface area contributed by atoms with Gasteiger partial charge < -0.3 is 19.9 Å². The molecule has 0 aromatic carbocycles. The van der Waals surface area contributed by atoms with E-state index in [9.17, 15) is 4.79 Å². The molecule has 2 heterocycles. The highest BCUT2D eigenvalue weighted by Crippen LogP contribution is 2.35. The lowest BCUT2D eigenvalue weighted by Gasteiger charge is -2.32. The van der Waals surface area contributed by atoms with Crippen molar-refractivity contribution in [3.05, 3.63) is 0 Å². The van der Waals surface area contributed by atoms with Crippen LogP contribution >= 0.6 is 0 Å². The fourth-order valence-electron chi connectivity index (χ4n) is 2.53. The van der Waals surface area contributed by atoms with Gasteiger partial charge in [0.2, 0.25) is 0 Å². The maximum Gasteiger partial charge on any atom is 0.311 e. The maximum atomic E-state index is 11.0. The van der Waals surface area contributed by atoms with E-state index >= 15 is 0 Å². The van der Waals surface area contributed by atoms with E-state index in [0.717, 1.165) is 32.4 Å². The van der Waals surface area contributed by atoms with E-state index in [2.05, 4.69) is 5.32 Å². The lowest BCUT2D eigenvalue weighted by atomic mass is 9.89. The van der Waals surface area contributed by atoms with E-state index < -0.39 is 11.4 Å². The number of rotatable bonds is 4. The second-order valence-electron chi connectivity index (χ2n) is 6.07. The molecule has 0 saturated carbocycles. The smallest absolute Gasteiger partial charge is 0.311 e. The maximum absolute atomic E-state index is 11.0. The van der Waals surface area contributed by atoms with Crippen LogP contribution in [0.3, 0.4) is 0 Å². The summed E-state index contributed by atoms with van der Waals surface area (Å²) in [6.07, 6.45) is 2.98. The SMILES string of the molecule is CC(C)(COC1COC2(CCNCC2)C1)C(=O)O. The van der Waals surface area contributed by atoms with Crippen molar-refractivity contribution < 1.29 is 19.4 Å². The Bertz CT molecular complexity index is 310. The molecule has 104 valence electrons. The molecular formula is C13H23NO4. The third-order valence-electron chi connectivity index (χ3n) is 3.95. The van der Waals surface area contributed by atoms with Crippen LogP contribution in [0.1, 0.15) is 33.1 Å². The quantitative estimate of drug-likeness (QED) is 0.787. The van der Waals surface area contributed by atoms with Gasteiger partial charge in [0, 0.05) is 6.42 Å². The number of carbonyl (C=O) groups is 1. The van der Waals surface area contributed by atoms with Crippen LogP contribution in [0.25, 0.3) is 0 Å². The third kappa shape index (κ3) is 3.02. The van der Waals surface area contributed by atoms with E-state index in [4.69, 9.17) is 14.6 Å². The van der Waals surface area contributed by atoms with Crippen molar-refractivity contribution >= 4 is 5.97 Å². The van der Waals surface area contributed by atoms with Crippen LogP contribution < -0.4 is 5.32 Å². The zero-order valence-corrected chi connectivity index (χ0v) is 11.2. The molecular weight excluding hydrogens is 234 g/mol. The molecule has 0 aliphatic carbocycles. The summed E-state index contributed by atoms with van der Waals surface area (Å²) in [6, 6.07) is 0. The minimum Gasteiger partial charge on any atom is -0.481 e. The zero-order chi connectivity index (χ0) is 13.2. The fourth-order valence-corrected chi connectivity index (χ4v) is 2.53. The van der Waals surface area contributed by atoms with Crippen molar-refractivity contribution in [3.63, 3.8) is 0 Å². The Labute approximate surface area is 108 Å². The lowest BCUT2D eigenvalue weighted by Crippen LogP contribution is -2.41. The molecule has 1 unspecified atom stereocenters. The monoisotopic (exact) mass is 257 g/mol. The second kappa shape index (κ2) is 5.15. The van der Waals surface area contributed by atoms with E-state index in [1.807, 2.05) is 0 Å². The van der Waals surface area contributed by atoms with Crippen LogP contribution in [0.15, 0.2) is 0 Å². The minimum absolute atomic E-state index is 0.0245. The van der Waals surface area contributed by atoms with Crippen LogP contribution in [-0.4, -0.2) is 49.1 Å². The average Bonchev–Trinajstić information content (AvgIpc) is 2.71. The fraction of sp³-hybridized carbons (Fsp3) is 0.923. The number of carboxylic acids is 1. The summed E-state index contributed by atoms with van der Waals surface area (Å²) in [7, 11) is 0. The molecule has 0 bridgehead atoms. The summed E-state index contributed by atoms with van der Waals surface area (Å²) in [6.45, 7) is 6.19. The number of hydrogen-bond donors (Lipinski definition) is 2. The van der Waals surface area contributed by atoms with E-state index in [1.54, 1.807) is 13.8 Å². The minimum atomic E-state index is -0.829. The highest BCUT2D eigenvalue weighted by molar-refractivity contribution is 5.73. The van der Waals surface area contributed by atoms with Gasteiger partial charge in [-0.2, -0.15) is 0 Å². The van der Waals surface area contributed by atoms with Crippen molar-refractivity contribution in [2.24, 2.45) is 5.41 Å². The third-order valence-corrected chi connectivity index (χ3v) is 3.95. The van der Waals surface area contributed by atoms with Gasteiger partial charge in [0.1, 0.15) is 0 Å². The number of nitrogens with one attached hydrogen (secondary N) is 1. The van der Waals surface area contributed by atoms with E-state index in [0.29, 0.717) is 6.61 Å². The molecule has 0 aromatic heterocycles. The molecule has 2 fully saturated rings. The van der Waals surface area contributed by atoms with Crippen LogP contribution in [0.4, 0.5) is 0 Å². The molecule has 2 aliphatic rings. The van der Waals surface area contributed by atoms with Crippen molar-refractivity contribution in [2.45, 2.75) is 44.8 Å². The molecule has 5 nitrogen and oxygen atoms in total. The molecule has 2 aliphatic heterocycles. The van der Waals surface area contributed by atoms with Gasteiger partial charge in [-0.15, -0.1) is 0 Å². The zero-order valence-electron chi connectivity index (χ0n) is 11.2. The van der Waals surface area contributed by atoms with E-state index in [1.165, 1.54) is 0 Å². The van der Waals surface area contributed by atoms with Gasteiger partial charge in [0.05, 0.1) is 30.3 Å². The van der Waals surface area contributed by atoms with Gasteiger partial charge in [-0.05, 0) is 39.8 Å². The van der Waals surface area contributed by atoms with Gasteiger partial charge in [0.25, 0.3) is 0 Å². The molecule has 18 heavy (non-hydrogen) atoms. The normalized spacial score (nSPS) is 27.6.